The van der Waals surface area contributed by atoms with Gasteiger partial charge in [-0.25, -0.2) is 0 Å². The molecule has 1 amide bonds. The Morgan fingerprint density at radius 1 is 1.29 bits per heavy atom. The first kappa shape index (κ1) is 15.4. The highest BCUT2D eigenvalue weighted by Gasteiger charge is 2.13. The summed E-state index contributed by atoms with van der Waals surface area (Å²) in [6.07, 6.45) is 0. The third-order valence-electron chi connectivity index (χ3n) is 3.19. The van der Waals surface area contributed by atoms with Crippen LogP contribution in [-0.2, 0) is 0 Å². The van der Waals surface area contributed by atoms with Crippen molar-refractivity contribution in [2.45, 2.75) is 13.0 Å². The molecule has 110 valence electrons. The van der Waals surface area contributed by atoms with Crippen LogP contribution in [0.3, 0.4) is 0 Å². The van der Waals surface area contributed by atoms with E-state index < -0.39 is 0 Å². The minimum atomic E-state index is -0.166. The Labute approximate surface area is 132 Å². The third kappa shape index (κ3) is 3.76. The van der Waals surface area contributed by atoms with Crippen molar-refractivity contribution in [3.63, 3.8) is 0 Å². The second-order valence-corrected chi connectivity index (χ2v) is 5.62. The van der Waals surface area contributed by atoms with Crippen LogP contribution >= 0.6 is 15.9 Å². The average molecular weight is 349 g/mol. The Morgan fingerprint density at radius 3 is 2.71 bits per heavy atom. The minimum Gasteiger partial charge on any atom is -0.495 e. The Morgan fingerprint density at radius 2 is 2.05 bits per heavy atom. The number of carbonyl (C=O) groups is 1. The fraction of sp³-hybridized carbons (Fsp3) is 0.188. The lowest BCUT2D eigenvalue weighted by Crippen LogP contribution is -2.26. The summed E-state index contributed by atoms with van der Waals surface area (Å²) >= 11 is 3.43. The highest BCUT2D eigenvalue weighted by molar-refractivity contribution is 9.10. The molecule has 3 N–H and O–H groups in total. The first-order valence-electron chi connectivity index (χ1n) is 6.51. The van der Waals surface area contributed by atoms with Crippen molar-refractivity contribution in [3.8, 4) is 5.75 Å². The first-order valence-corrected chi connectivity index (χ1v) is 7.30. The van der Waals surface area contributed by atoms with Crippen LogP contribution in [0.15, 0.2) is 46.9 Å². The van der Waals surface area contributed by atoms with E-state index in [4.69, 9.17) is 10.5 Å². The maximum absolute atomic E-state index is 12.3. The molecule has 0 aliphatic heterocycles. The Bertz CT molecular complexity index is 658. The topological polar surface area (TPSA) is 64.3 Å². The zero-order valence-electron chi connectivity index (χ0n) is 11.9. The zero-order chi connectivity index (χ0) is 15.4. The molecule has 1 unspecified atom stereocenters. The molecular formula is C16H17BrN2O2. The molecule has 21 heavy (non-hydrogen) atoms. The second kappa shape index (κ2) is 6.63. The molecule has 2 aromatic carbocycles. The number of carbonyl (C=O) groups excluding carboxylic acids is 1. The summed E-state index contributed by atoms with van der Waals surface area (Å²) < 4.78 is 6.11. The number of nitrogens with two attached hydrogens (primary N) is 1. The lowest BCUT2D eigenvalue weighted by molar-refractivity contribution is 0.0939. The first-order chi connectivity index (χ1) is 10.0. The lowest BCUT2D eigenvalue weighted by Gasteiger charge is -2.15. The van der Waals surface area contributed by atoms with Gasteiger partial charge in [0.1, 0.15) is 5.75 Å². The lowest BCUT2D eigenvalue weighted by atomic mass is 10.1. The van der Waals surface area contributed by atoms with Crippen molar-refractivity contribution < 1.29 is 9.53 Å². The number of anilines is 1. The van der Waals surface area contributed by atoms with Gasteiger partial charge in [0.15, 0.2) is 0 Å². The predicted octanol–water partition coefficient (Wildman–Crippen LogP) is 3.53. The molecule has 0 radical (unpaired) electrons. The summed E-state index contributed by atoms with van der Waals surface area (Å²) in [6, 6.07) is 12.7. The van der Waals surface area contributed by atoms with E-state index in [1.54, 1.807) is 18.2 Å². The smallest absolute Gasteiger partial charge is 0.251 e. The van der Waals surface area contributed by atoms with E-state index in [0.29, 0.717) is 17.0 Å². The molecule has 2 aromatic rings. The minimum absolute atomic E-state index is 0.0986. The molecule has 0 heterocycles. The van der Waals surface area contributed by atoms with Gasteiger partial charge in [-0.3, -0.25) is 4.79 Å². The molecule has 0 saturated heterocycles. The Balaban J connectivity index is 2.14. The molecule has 2 rings (SSSR count). The zero-order valence-corrected chi connectivity index (χ0v) is 13.5. The number of ether oxygens (including phenoxy) is 1. The van der Waals surface area contributed by atoms with Gasteiger partial charge in [0, 0.05) is 10.0 Å². The van der Waals surface area contributed by atoms with Crippen LogP contribution in [0.1, 0.15) is 28.9 Å². The van der Waals surface area contributed by atoms with Gasteiger partial charge in [0.05, 0.1) is 18.8 Å². The van der Waals surface area contributed by atoms with E-state index in [0.717, 1.165) is 10.0 Å². The average Bonchev–Trinajstić information content (AvgIpc) is 2.47. The summed E-state index contributed by atoms with van der Waals surface area (Å²) in [7, 11) is 1.53. The molecule has 0 aromatic heterocycles. The normalized spacial score (nSPS) is 11.8. The van der Waals surface area contributed by atoms with Crippen LogP contribution in [0.5, 0.6) is 5.75 Å². The van der Waals surface area contributed by atoms with E-state index in [1.807, 2.05) is 31.2 Å². The number of benzene rings is 2. The van der Waals surface area contributed by atoms with E-state index in [1.165, 1.54) is 7.11 Å². The fourth-order valence-electron chi connectivity index (χ4n) is 1.99. The van der Waals surface area contributed by atoms with Crippen LogP contribution in [-0.4, -0.2) is 13.0 Å². The molecule has 0 spiro atoms. The Kier molecular flexibility index (Phi) is 4.85. The SMILES string of the molecule is COc1cc(C(=O)NC(C)c2cccc(Br)c2)ccc1N. The molecule has 4 nitrogen and oxygen atoms in total. The molecule has 1 atom stereocenters. The van der Waals surface area contributed by atoms with Gasteiger partial charge in [-0.05, 0) is 42.8 Å². The van der Waals surface area contributed by atoms with Gasteiger partial charge >= 0.3 is 0 Å². The van der Waals surface area contributed by atoms with Crippen LogP contribution < -0.4 is 15.8 Å². The van der Waals surface area contributed by atoms with Crippen molar-refractivity contribution in [1.82, 2.24) is 5.32 Å². The summed E-state index contributed by atoms with van der Waals surface area (Å²) in [5.74, 6) is 0.332. The second-order valence-electron chi connectivity index (χ2n) is 4.71. The third-order valence-corrected chi connectivity index (χ3v) is 3.69. The predicted molar refractivity (Wildman–Crippen MR) is 87.4 cm³/mol. The maximum Gasteiger partial charge on any atom is 0.251 e. The van der Waals surface area contributed by atoms with Gasteiger partial charge in [-0.2, -0.15) is 0 Å². The van der Waals surface area contributed by atoms with E-state index in [-0.39, 0.29) is 11.9 Å². The van der Waals surface area contributed by atoms with Crippen LogP contribution in [0.4, 0.5) is 5.69 Å². The van der Waals surface area contributed by atoms with Crippen LogP contribution in [0, 0.1) is 0 Å². The van der Waals surface area contributed by atoms with Gasteiger partial charge in [0.25, 0.3) is 5.91 Å². The number of methoxy groups -OCH3 is 1. The maximum atomic E-state index is 12.3. The molecule has 0 aliphatic rings. The van der Waals surface area contributed by atoms with Gasteiger partial charge < -0.3 is 15.8 Å². The van der Waals surface area contributed by atoms with Crippen molar-refractivity contribution in [1.29, 1.82) is 0 Å². The molecule has 0 bridgehead atoms. The number of nitrogens with one attached hydrogen (secondary N) is 1. The molecule has 0 fully saturated rings. The van der Waals surface area contributed by atoms with Crippen molar-refractivity contribution in [2.24, 2.45) is 0 Å². The highest BCUT2D eigenvalue weighted by Crippen LogP contribution is 2.23. The number of rotatable bonds is 4. The van der Waals surface area contributed by atoms with Crippen molar-refractivity contribution >= 4 is 27.5 Å². The van der Waals surface area contributed by atoms with Crippen LogP contribution in [0.2, 0.25) is 0 Å². The molecular weight excluding hydrogens is 332 g/mol. The van der Waals surface area contributed by atoms with Crippen molar-refractivity contribution in [2.75, 3.05) is 12.8 Å². The molecule has 0 saturated carbocycles. The van der Waals surface area contributed by atoms with Crippen molar-refractivity contribution in [3.05, 3.63) is 58.1 Å². The van der Waals surface area contributed by atoms with Gasteiger partial charge in [-0.1, -0.05) is 28.1 Å². The van der Waals surface area contributed by atoms with E-state index in [9.17, 15) is 4.79 Å². The summed E-state index contributed by atoms with van der Waals surface area (Å²) in [5.41, 5.74) is 7.80. The molecule has 5 heteroatoms. The van der Waals surface area contributed by atoms with Gasteiger partial charge in [-0.15, -0.1) is 0 Å². The highest BCUT2D eigenvalue weighted by atomic mass is 79.9. The van der Waals surface area contributed by atoms with Crippen LogP contribution in [0.25, 0.3) is 0 Å². The largest absolute Gasteiger partial charge is 0.495 e. The number of nitrogen functional groups attached to an aromatic ring is 1. The monoisotopic (exact) mass is 348 g/mol. The number of hydrogen-bond acceptors (Lipinski definition) is 3. The number of amides is 1. The standard InChI is InChI=1S/C16H17BrN2O2/c1-10(11-4-3-5-13(17)8-11)19-16(20)12-6-7-14(18)15(9-12)21-2/h3-10H,18H2,1-2H3,(H,19,20). The fourth-order valence-corrected chi connectivity index (χ4v) is 2.41. The Hall–Kier alpha value is -2.01. The summed E-state index contributed by atoms with van der Waals surface area (Å²) in [6.45, 7) is 1.94. The van der Waals surface area contributed by atoms with Gasteiger partial charge in [0.2, 0.25) is 0 Å². The summed E-state index contributed by atoms with van der Waals surface area (Å²) in [4.78, 5) is 12.3. The summed E-state index contributed by atoms with van der Waals surface area (Å²) in [5, 5.41) is 2.95. The van der Waals surface area contributed by atoms with E-state index >= 15 is 0 Å². The number of halogens is 1. The quantitative estimate of drug-likeness (QED) is 0.830. The molecule has 0 aliphatic carbocycles. The van der Waals surface area contributed by atoms with E-state index in [2.05, 4.69) is 21.2 Å². The number of hydrogen-bond donors (Lipinski definition) is 2.